The molecule has 10 nitrogen and oxygen atoms in total. The van der Waals surface area contributed by atoms with Crippen molar-refractivity contribution in [3.8, 4) is 11.4 Å². The molecule has 0 saturated heterocycles. The van der Waals surface area contributed by atoms with E-state index in [-0.39, 0.29) is 17.2 Å². The zero-order valence-corrected chi connectivity index (χ0v) is 20.3. The molecule has 0 unspecified atom stereocenters. The molecule has 4 rings (SSSR count). The lowest BCUT2D eigenvalue weighted by Crippen LogP contribution is -2.57. The van der Waals surface area contributed by atoms with E-state index in [9.17, 15) is 27.9 Å². The maximum Gasteiger partial charge on any atom is 0.417 e. The van der Waals surface area contributed by atoms with Crippen molar-refractivity contribution >= 4 is 35.1 Å². The van der Waals surface area contributed by atoms with Gasteiger partial charge in [-0.05, 0) is 38.0 Å². The Morgan fingerprint density at radius 3 is 2.54 bits per heavy atom. The zero-order valence-electron chi connectivity index (χ0n) is 19.6. The third-order valence-electron chi connectivity index (χ3n) is 6.01. The van der Waals surface area contributed by atoms with Gasteiger partial charge in [-0.3, -0.25) is 15.1 Å². The molecule has 0 radical (unpaired) electrons. The molecule has 1 aliphatic carbocycles. The van der Waals surface area contributed by atoms with Crippen molar-refractivity contribution in [2.45, 2.75) is 37.6 Å². The second kappa shape index (κ2) is 9.98. The number of aryl methyl sites for hydroxylation is 1. The number of amides is 2. The Labute approximate surface area is 213 Å². The quantitative estimate of drug-likeness (QED) is 0.421. The number of nitrogens with zero attached hydrogens (tertiary/aromatic N) is 4. The molecule has 1 saturated carbocycles. The molecule has 1 aromatic carbocycles. The number of aliphatic hydroxyl groups is 1. The summed E-state index contributed by atoms with van der Waals surface area (Å²) in [6.45, 7) is 1.67. The first-order chi connectivity index (χ1) is 17.4. The van der Waals surface area contributed by atoms with Crippen LogP contribution in [-0.2, 0) is 16.6 Å². The lowest BCUT2D eigenvalue weighted by molar-refractivity contribution is -0.295. The van der Waals surface area contributed by atoms with Crippen molar-refractivity contribution in [1.82, 2.24) is 20.0 Å². The second-order valence-electron chi connectivity index (χ2n) is 8.66. The van der Waals surface area contributed by atoms with Gasteiger partial charge in [-0.25, -0.2) is 9.48 Å². The number of hydrogen-bond donors (Lipinski definition) is 3. The normalized spacial score (nSPS) is 20.0. The molecular weight excluding hydrogens is 517 g/mol. The van der Waals surface area contributed by atoms with Gasteiger partial charge in [0.25, 0.3) is 0 Å². The van der Waals surface area contributed by atoms with Crippen LogP contribution in [0.25, 0.3) is 11.4 Å². The predicted octanol–water partition coefficient (Wildman–Crippen LogP) is 4.48. The first kappa shape index (κ1) is 26.4. The number of carbonyl (C=O) groups is 2. The Bertz CT molecular complexity index is 1310. The standard InChI is InChI=1S/C23H22ClF3N6O4/c1-12(15-5-3-4-6-16(15)24)37-21(35)30-19-18(31-32-33(19)2)17-8-7-14(11-28-17)29-20(34)13-9-22(36,10-13)23(25,26)27/h3-8,11-13,36H,9-10H2,1-2H3,(H,29,34)(H,30,35)/t12-,13?,22?/m1/s1. The Morgan fingerprint density at radius 2 is 1.92 bits per heavy atom. The van der Waals surface area contributed by atoms with E-state index in [2.05, 4.69) is 25.9 Å². The van der Waals surface area contributed by atoms with Gasteiger partial charge in [-0.2, -0.15) is 13.2 Å². The Hall–Kier alpha value is -3.71. The van der Waals surface area contributed by atoms with Gasteiger partial charge in [0, 0.05) is 23.6 Å². The van der Waals surface area contributed by atoms with Gasteiger partial charge in [0.05, 0.1) is 17.6 Å². The summed E-state index contributed by atoms with van der Waals surface area (Å²) in [7, 11) is 1.55. The van der Waals surface area contributed by atoms with Crippen LogP contribution in [0.4, 0.5) is 29.5 Å². The number of alkyl halides is 3. The molecule has 1 atom stereocenters. The van der Waals surface area contributed by atoms with Crippen molar-refractivity contribution in [3.63, 3.8) is 0 Å². The van der Waals surface area contributed by atoms with Gasteiger partial charge in [0.15, 0.2) is 17.1 Å². The number of halogens is 4. The highest BCUT2D eigenvalue weighted by Crippen LogP contribution is 2.48. The summed E-state index contributed by atoms with van der Waals surface area (Å²) in [6, 6.07) is 9.93. The highest BCUT2D eigenvalue weighted by Gasteiger charge is 2.62. The van der Waals surface area contributed by atoms with Crippen LogP contribution in [0.1, 0.15) is 31.4 Å². The van der Waals surface area contributed by atoms with E-state index in [1.807, 2.05) is 0 Å². The molecule has 0 bridgehead atoms. The monoisotopic (exact) mass is 538 g/mol. The van der Waals surface area contributed by atoms with Crippen LogP contribution >= 0.6 is 11.6 Å². The van der Waals surface area contributed by atoms with Gasteiger partial charge >= 0.3 is 12.3 Å². The van der Waals surface area contributed by atoms with Gasteiger partial charge < -0.3 is 15.2 Å². The summed E-state index contributed by atoms with van der Waals surface area (Å²) in [5.74, 6) is -1.43. The summed E-state index contributed by atoms with van der Waals surface area (Å²) in [6.07, 6.45) is -6.31. The highest BCUT2D eigenvalue weighted by molar-refractivity contribution is 6.31. The maximum absolute atomic E-state index is 12.8. The van der Waals surface area contributed by atoms with E-state index < -0.39 is 48.6 Å². The molecule has 1 fully saturated rings. The first-order valence-corrected chi connectivity index (χ1v) is 11.4. The number of anilines is 2. The molecule has 2 aromatic heterocycles. The smallest absolute Gasteiger partial charge is 0.417 e. The van der Waals surface area contributed by atoms with Gasteiger partial charge in [-0.15, -0.1) is 5.10 Å². The molecule has 1 aliphatic rings. The minimum Gasteiger partial charge on any atom is -0.441 e. The number of pyridine rings is 1. The molecule has 196 valence electrons. The Morgan fingerprint density at radius 1 is 1.22 bits per heavy atom. The van der Waals surface area contributed by atoms with Crippen molar-refractivity contribution < 1.29 is 32.6 Å². The number of aromatic nitrogens is 4. The fraction of sp³-hybridized carbons (Fsp3) is 0.348. The predicted molar refractivity (Wildman–Crippen MR) is 127 cm³/mol. The number of nitrogens with one attached hydrogen (secondary N) is 2. The highest BCUT2D eigenvalue weighted by atomic mass is 35.5. The summed E-state index contributed by atoms with van der Waals surface area (Å²) < 4.78 is 45.1. The van der Waals surface area contributed by atoms with Crippen LogP contribution in [0.15, 0.2) is 42.6 Å². The molecule has 3 N–H and O–H groups in total. The average molecular weight is 539 g/mol. The SMILES string of the molecule is C[C@@H](OC(=O)Nc1c(-c2ccc(NC(=O)C3CC(O)(C(F)(F)F)C3)cn2)nnn1C)c1ccccc1Cl. The number of rotatable bonds is 6. The fourth-order valence-corrected chi connectivity index (χ4v) is 4.14. The topological polar surface area (TPSA) is 131 Å². The van der Waals surface area contributed by atoms with E-state index in [4.69, 9.17) is 16.3 Å². The summed E-state index contributed by atoms with van der Waals surface area (Å²) >= 11 is 6.15. The number of hydrogen-bond acceptors (Lipinski definition) is 7. The maximum atomic E-state index is 12.8. The largest absolute Gasteiger partial charge is 0.441 e. The molecule has 14 heteroatoms. The summed E-state index contributed by atoms with van der Waals surface area (Å²) in [5, 5.41) is 22.9. The summed E-state index contributed by atoms with van der Waals surface area (Å²) in [5.41, 5.74) is -1.44. The van der Waals surface area contributed by atoms with Gasteiger partial charge in [0.1, 0.15) is 6.10 Å². The molecule has 37 heavy (non-hydrogen) atoms. The molecule has 2 amide bonds. The van der Waals surface area contributed by atoms with E-state index in [1.54, 1.807) is 38.2 Å². The fourth-order valence-electron chi connectivity index (χ4n) is 3.85. The third-order valence-corrected chi connectivity index (χ3v) is 6.36. The van der Waals surface area contributed by atoms with Crippen LogP contribution in [0.3, 0.4) is 0 Å². The van der Waals surface area contributed by atoms with Crippen molar-refractivity contribution in [2.24, 2.45) is 13.0 Å². The lowest BCUT2D eigenvalue weighted by Gasteiger charge is -2.43. The van der Waals surface area contributed by atoms with Gasteiger partial charge in [-0.1, -0.05) is 35.0 Å². The summed E-state index contributed by atoms with van der Waals surface area (Å²) in [4.78, 5) is 29.0. The number of ether oxygens (including phenoxy) is 1. The van der Waals surface area contributed by atoms with Crippen LogP contribution in [0.2, 0.25) is 5.02 Å². The van der Waals surface area contributed by atoms with Crippen molar-refractivity contribution in [2.75, 3.05) is 10.6 Å². The molecular formula is C23H22ClF3N6O4. The van der Waals surface area contributed by atoms with E-state index in [0.29, 0.717) is 16.3 Å². The van der Waals surface area contributed by atoms with Crippen LogP contribution in [-0.4, -0.2) is 48.9 Å². The Kier molecular flexibility index (Phi) is 7.11. The average Bonchev–Trinajstić information content (AvgIpc) is 3.16. The minimum absolute atomic E-state index is 0.196. The molecule has 0 aliphatic heterocycles. The van der Waals surface area contributed by atoms with E-state index in [0.717, 1.165) is 0 Å². The Balaban J connectivity index is 1.39. The molecule has 0 spiro atoms. The number of carbonyl (C=O) groups excluding carboxylic acids is 2. The van der Waals surface area contributed by atoms with E-state index in [1.165, 1.54) is 23.0 Å². The number of benzene rings is 1. The lowest BCUT2D eigenvalue weighted by atomic mass is 9.70. The third kappa shape index (κ3) is 5.52. The van der Waals surface area contributed by atoms with Crippen molar-refractivity contribution in [1.29, 1.82) is 0 Å². The van der Waals surface area contributed by atoms with Crippen molar-refractivity contribution in [3.05, 3.63) is 53.2 Å². The van der Waals surface area contributed by atoms with Crippen LogP contribution in [0.5, 0.6) is 0 Å². The van der Waals surface area contributed by atoms with Gasteiger partial charge in [0.2, 0.25) is 5.91 Å². The zero-order chi connectivity index (χ0) is 27.0. The van der Waals surface area contributed by atoms with E-state index >= 15 is 0 Å². The molecule has 2 heterocycles. The minimum atomic E-state index is -4.78. The first-order valence-electron chi connectivity index (χ1n) is 11.1. The van der Waals surface area contributed by atoms with Crippen LogP contribution < -0.4 is 10.6 Å². The molecule has 3 aromatic rings. The van der Waals surface area contributed by atoms with Crippen LogP contribution in [0, 0.1) is 5.92 Å². The second-order valence-corrected chi connectivity index (χ2v) is 9.07.